The largest absolute Gasteiger partial charge is 0.478 e. The summed E-state index contributed by atoms with van der Waals surface area (Å²) in [6.45, 7) is 4.14. The topological polar surface area (TPSA) is 49.3 Å². The third-order valence-corrected chi connectivity index (χ3v) is 3.46. The van der Waals surface area contributed by atoms with Gasteiger partial charge in [0, 0.05) is 11.7 Å². The lowest BCUT2D eigenvalue weighted by Gasteiger charge is -2.20. The van der Waals surface area contributed by atoms with E-state index in [0.29, 0.717) is 11.6 Å². The van der Waals surface area contributed by atoms with E-state index in [2.05, 4.69) is 11.9 Å². The van der Waals surface area contributed by atoms with Crippen LogP contribution in [0.5, 0.6) is 0 Å². The summed E-state index contributed by atoms with van der Waals surface area (Å²) in [7, 11) is 0. The molecule has 1 aliphatic rings. The lowest BCUT2D eigenvalue weighted by Crippen LogP contribution is -2.20. The molecular formula is C15H19NO2. The number of hydrogen-bond donors (Lipinski definition) is 2. The van der Waals surface area contributed by atoms with Crippen molar-refractivity contribution in [3.8, 4) is 0 Å². The van der Waals surface area contributed by atoms with Gasteiger partial charge < -0.3 is 10.4 Å². The Morgan fingerprint density at radius 1 is 1.22 bits per heavy atom. The Morgan fingerprint density at radius 3 is 2.61 bits per heavy atom. The van der Waals surface area contributed by atoms with Crippen molar-refractivity contribution in [3.63, 3.8) is 0 Å². The van der Waals surface area contributed by atoms with Crippen LogP contribution in [0.15, 0.2) is 36.4 Å². The SMILES string of the molecule is C=C1CCCCCC1Nc1ccc(C(=O)O)cc1. The molecule has 3 heteroatoms. The summed E-state index contributed by atoms with van der Waals surface area (Å²) in [6.07, 6.45) is 5.93. The molecule has 18 heavy (non-hydrogen) atoms. The van der Waals surface area contributed by atoms with E-state index in [-0.39, 0.29) is 0 Å². The molecule has 0 aromatic heterocycles. The van der Waals surface area contributed by atoms with Crippen LogP contribution in [-0.4, -0.2) is 17.1 Å². The number of nitrogens with one attached hydrogen (secondary N) is 1. The van der Waals surface area contributed by atoms with E-state index < -0.39 is 5.97 Å². The van der Waals surface area contributed by atoms with Crippen LogP contribution < -0.4 is 5.32 Å². The lowest BCUT2D eigenvalue weighted by molar-refractivity contribution is 0.0697. The first-order valence-corrected chi connectivity index (χ1v) is 6.44. The second kappa shape index (κ2) is 5.71. The van der Waals surface area contributed by atoms with Crippen LogP contribution in [0.4, 0.5) is 5.69 Å². The van der Waals surface area contributed by atoms with Crippen molar-refractivity contribution in [2.24, 2.45) is 0 Å². The van der Waals surface area contributed by atoms with Gasteiger partial charge in [-0.3, -0.25) is 0 Å². The molecule has 0 heterocycles. The van der Waals surface area contributed by atoms with Gasteiger partial charge in [0.15, 0.2) is 0 Å². The standard InChI is InChI=1S/C15H19NO2/c1-11-5-3-2-4-6-14(11)16-13-9-7-12(8-10-13)15(17)18/h7-10,14,16H,1-6H2,(H,17,18). The second-order valence-electron chi connectivity index (χ2n) is 4.84. The van der Waals surface area contributed by atoms with Crippen molar-refractivity contribution < 1.29 is 9.90 Å². The summed E-state index contributed by atoms with van der Waals surface area (Å²) in [5.41, 5.74) is 2.54. The third kappa shape index (κ3) is 3.13. The molecule has 0 radical (unpaired) electrons. The molecule has 1 saturated carbocycles. The molecule has 1 atom stereocenters. The van der Waals surface area contributed by atoms with Crippen molar-refractivity contribution in [1.29, 1.82) is 0 Å². The van der Waals surface area contributed by atoms with Gasteiger partial charge in [-0.1, -0.05) is 25.0 Å². The minimum atomic E-state index is -0.888. The molecule has 1 unspecified atom stereocenters. The predicted octanol–water partition coefficient (Wildman–Crippen LogP) is 3.69. The zero-order valence-electron chi connectivity index (χ0n) is 10.5. The Kier molecular flexibility index (Phi) is 4.03. The molecular weight excluding hydrogens is 226 g/mol. The molecule has 1 aromatic rings. The van der Waals surface area contributed by atoms with Gasteiger partial charge in [-0.15, -0.1) is 0 Å². The fourth-order valence-electron chi connectivity index (χ4n) is 2.34. The van der Waals surface area contributed by atoms with E-state index in [4.69, 9.17) is 5.11 Å². The molecule has 2 rings (SSSR count). The van der Waals surface area contributed by atoms with Crippen molar-refractivity contribution in [3.05, 3.63) is 42.0 Å². The number of carboxylic acid groups (broad SMARTS) is 1. The number of benzene rings is 1. The Hall–Kier alpha value is -1.77. The smallest absolute Gasteiger partial charge is 0.335 e. The van der Waals surface area contributed by atoms with E-state index in [1.165, 1.54) is 24.8 Å². The molecule has 1 aliphatic carbocycles. The monoisotopic (exact) mass is 245 g/mol. The van der Waals surface area contributed by atoms with Crippen LogP contribution >= 0.6 is 0 Å². The Bertz CT molecular complexity index is 436. The highest BCUT2D eigenvalue weighted by atomic mass is 16.4. The van der Waals surface area contributed by atoms with Gasteiger partial charge in [0.05, 0.1) is 5.56 Å². The predicted molar refractivity (Wildman–Crippen MR) is 73.0 cm³/mol. The molecule has 1 aromatic carbocycles. The van der Waals surface area contributed by atoms with Crippen LogP contribution in [-0.2, 0) is 0 Å². The summed E-state index contributed by atoms with van der Waals surface area (Å²) >= 11 is 0. The number of rotatable bonds is 3. The first-order valence-electron chi connectivity index (χ1n) is 6.44. The number of anilines is 1. The molecule has 2 N–H and O–H groups in total. The van der Waals surface area contributed by atoms with Crippen LogP contribution in [0.2, 0.25) is 0 Å². The quantitative estimate of drug-likeness (QED) is 0.630. The minimum absolute atomic E-state index is 0.320. The molecule has 0 aliphatic heterocycles. The summed E-state index contributed by atoms with van der Waals surface area (Å²) in [5, 5.41) is 12.3. The summed E-state index contributed by atoms with van der Waals surface area (Å²) < 4.78 is 0. The summed E-state index contributed by atoms with van der Waals surface area (Å²) in [4.78, 5) is 10.8. The molecule has 96 valence electrons. The number of carboxylic acids is 1. The van der Waals surface area contributed by atoms with Gasteiger partial charge in [-0.2, -0.15) is 0 Å². The Labute approximate surface area is 108 Å². The number of aromatic carboxylic acids is 1. The van der Waals surface area contributed by atoms with E-state index >= 15 is 0 Å². The van der Waals surface area contributed by atoms with Crippen molar-refractivity contribution >= 4 is 11.7 Å². The van der Waals surface area contributed by atoms with E-state index in [1.54, 1.807) is 12.1 Å². The first-order chi connectivity index (χ1) is 8.66. The van der Waals surface area contributed by atoms with Gasteiger partial charge in [0.1, 0.15) is 0 Å². The zero-order chi connectivity index (χ0) is 13.0. The molecule has 0 amide bonds. The maximum atomic E-state index is 10.8. The van der Waals surface area contributed by atoms with Gasteiger partial charge in [0.25, 0.3) is 0 Å². The average Bonchev–Trinajstić information content (AvgIpc) is 2.56. The number of hydrogen-bond acceptors (Lipinski definition) is 2. The fourth-order valence-corrected chi connectivity index (χ4v) is 2.34. The molecule has 0 spiro atoms. The van der Waals surface area contributed by atoms with Crippen LogP contribution in [0.3, 0.4) is 0 Å². The van der Waals surface area contributed by atoms with E-state index in [0.717, 1.165) is 18.5 Å². The zero-order valence-corrected chi connectivity index (χ0v) is 10.5. The average molecular weight is 245 g/mol. The van der Waals surface area contributed by atoms with Gasteiger partial charge in [0.2, 0.25) is 0 Å². The third-order valence-electron chi connectivity index (χ3n) is 3.46. The molecule has 0 bridgehead atoms. The molecule has 0 saturated heterocycles. The fraction of sp³-hybridized carbons (Fsp3) is 0.400. The maximum Gasteiger partial charge on any atom is 0.335 e. The van der Waals surface area contributed by atoms with E-state index in [1.807, 2.05) is 12.1 Å². The molecule has 1 fully saturated rings. The maximum absolute atomic E-state index is 10.8. The highest BCUT2D eigenvalue weighted by Gasteiger charge is 2.15. The van der Waals surface area contributed by atoms with Crippen molar-refractivity contribution in [1.82, 2.24) is 0 Å². The first kappa shape index (κ1) is 12.7. The minimum Gasteiger partial charge on any atom is -0.478 e. The van der Waals surface area contributed by atoms with Gasteiger partial charge in [-0.05, 0) is 43.5 Å². The Morgan fingerprint density at radius 2 is 1.94 bits per heavy atom. The van der Waals surface area contributed by atoms with Crippen molar-refractivity contribution in [2.45, 2.75) is 38.1 Å². The van der Waals surface area contributed by atoms with Crippen molar-refractivity contribution in [2.75, 3.05) is 5.32 Å². The Balaban J connectivity index is 2.03. The second-order valence-corrected chi connectivity index (χ2v) is 4.84. The summed E-state index contributed by atoms with van der Waals surface area (Å²) in [6, 6.07) is 7.22. The van der Waals surface area contributed by atoms with Crippen LogP contribution in [0.25, 0.3) is 0 Å². The molecule has 3 nitrogen and oxygen atoms in total. The van der Waals surface area contributed by atoms with Gasteiger partial charge >= 0.3 is 5.97 Å². The van der Waals surface area contributed by atoms with Crippen LogP contribution in [0.1, 0.15) is 42.5 Å². The highest BCUT2D eigenvalue weighted by Crippen LogP contribution is 2.24. The lowest BCUT2D eigenvalue weighted by atomic mass is 10.0. The van der Waals surface area contributed by atoms with E-state index in [9.17, 15) is 4.79 Å². The summed E-state index contributed by atoms with van der Waals surface area (Å²) in [5.74, 6) is -0.888. The normalized spacial score (nSPS) is 20.2. The number of carbonyl (C=O) groups is 1. The van der Waals surface area contributed by atoms with Crippen LogP contribution in [0, 0.1) is 0 Å². The highest BCUT2D eigenvalue weighted by molar-refractivity contribution is 5.88. The van der Waals surface area contributed by atoms with Gasteiger partial charge in [-0.25, -0.2) is 4.79 Å².